The topological polar surface area (TPSA) is 52.9 Å². The second kappa shape index (κ2) is 7.47. The van der Waals surface area contributed by atoms with Gasteiger partial charge in [0.05, 0.1) is 17.4 Å². The molecule has 0 saturated heterocycles. The Kier molecular flexibility index (Phi) is 5.12. The van der Waals surface area contributed by atoms with Crippen LogP contribution < -0.4 is 5.01 Å². The van der Waals surface area contributed by atoms with Crippen LogP contribution in [0.3, 0.4) is 0 Å². The summed E-state index contributed by atoms with van der Waals surface area (Å²) in [6.45, 7) is 2.08. The smallest absolute Gasteiger partial charge is 0.314 e. The van der Waals surface area contributed by atoms with Crippen molar-refractivity contribution in [1.82, 2.24) is 0 Å². The Morgan fingerprint density at radius 3 is 2.44 bits per heavy atom. The van der Waals surface area contributed by atoms with Gasteiger partial charge in [-0.25, -0.2) is 4.39 Å². The number of rotatable bonds is 6. The number of carbonyl (C=O) groups is 1. The largest absolute Gasteiger partial charge is 0.481 e. The van der Waals surface area contributed by atoms with Gasteiger partial charge in [-0.15, -0.1) is 0 Å². The molecule has 0 aromatic heterocycles. The standard InChI is InChI=1S/C20H21FN2O2/c1-2-3-9-17-18(20(24)25)19(14-10-12-15(21)13-11-14)22-23(17)16-7-5-4-6-8-16/h4-8,10-13,17-18H,2-3,9H2,1H3,(H,24,25). The van der Waals surface area contributed by atoms with Crippen molar-refractivity contribution in [2.24, 2.45) is 11.0 Å². The van der Waals surface area contributed by atoms with Crippen LogP contribution in [0.25, 0.3) is 0 Å². The molecule has 0 saturated carbocycles. The lowest BCUT2D eigenvalue weighted by Crippen LogP contribution is -2.38. The number of hydrogen-bond acceptors (Lipinski definition) is 3. The predicted molar refractivity (Wildman–Crippen MR) is 96.3 cm³/mol. The van der Waals surface area contributed by atoms with Crippen LogP contribution in [0.2, 0.25) is 0 Å². The Labute approximate surface area is 146 Å². The molecule has 5 heteroatoms. The highest BCUT2D eigenvalue weighted by atomic mass is 19.1. The molecule has 130 valence electrons. The number of hydrogen-bond donors (Lipinski definition) is 1. The number of nitrogens with zero attached hydrogens (tertiary/aromatic N) is 2. The maximum atomic E-state index is 13.2. The molecule has 0 radical (unpaired) electrons. The van der Waals surface area contributed by atoms with E-state index in [1.54, 1.807) is 12.1 Å². The van der Waals surface area contributed by atoms with E-state index in [-0.39, 0.29) is 11.9 Å². The third-order valence-corrected chi connectivity index (χ3v) is 4.49. The normalized spacial score (nSPS) is 19.8. The zero-order chi connectivity index (χ0) is 17.8. The third-order valence-electron chi connectivity index (χ3n) is 4.49. The van der Waals surface area contributed by atoms with Crippen LogP contribution in [0.1, 0.15) is 31.7 Å². The molecular formula is C20H21FN2O2. The summed E-state index contributed by atoms with van der Waals surface area (Å²) in [6, 6.07) is 15.2. The molecule has 0 fully saturated rings. The van der Waals surface area contributed by atoms with E-state index in [1.807, 2.05) is 35.3 Å². The van der Waals surface area contributed by atoms with Gasteiger partial charge >= 0.3 is 5.97 Å². The molecule has 25 heavy (non-hydrogen) atoms. The number of halogens is 1. The summed E-state index contributed by atoms with van der Waals surface area (Å²) in [5.41, 5.74) is 2.00. The number of benzene rings is 2. The maximum Gasteiger partial charge on any atom is 0.314 e. The summed E-state index contributed by atoms with van der Waals surface area (Å²) in [7, 11) is 0. The van der Waals surface area contributed by atoms with Gasteiger partial charge < -0.3 is 5.11 Å². The summed E-state index contributed by atoms with van der Waals surface area (Å²) >= 11 is 0. The Hall–Kier alpha value is -2.69. The first-order valence-corrected chi connectivity index (χ1v) is 8.53. The van der Waals surface area contributed by atoms with Crippen molar-refractivity contribution in [3.05, 3.63) is 66.0 Å². The van der Waals surface area contributed by atoms with Gasteiger partial charge in [-0.3, -0.25) is 9.80 Å². The molecule has 1 heterocycles. The quantitative estimate of drug-likeness (QED) is 0.852. The number of anilines is 1. The average Bonchev–Trinajstić information content (AvgIpc) is 3.01. The van der Waals surface area contributed by atoms with Crippen molar-refractivity contribution >= 4 is 17.4 Å². The van der Waals surface area contributed by atoms with Crippen LogP contribution >= 0.6 is 0 Å². The molecule has 0 aliphatic carbocycles. The molecule has 2 unspecified atom stereocenters. The van der Waals surface area contributed by atoms with E-state index in [9.17, 15) is 14.3 Å². The van der Waals surface area contributed by atoms with Crippen molar-refractivity contribution in [3.63, 3.8) is 0 Å². The minimum atomic E-state index is -0.900. The van der Waals surface area contributed by atoms with Gasteiger partial charge in [-0.1, -0.05) is 50.1 Å². The van der Waals surface area contributed by atoms with E-state index in [0.29, 0.717) is 11.3 Å². The SMILES string of the molecule is CCCCC1C(C(=O)O)C(c2ccc(F)cc2)=NN1c1ccccc1. The Balaban J connectivity index is 2.04. The minimum Gasteiger partial charge on any atom is -0.481 e. The molecule has 3 rings (SSSR count). The lowest BCUT2D eigenvalue weighted by molar-refractivity contribution is -0.139. The molecule has 4 nitrogen and oxygen atoms in total. The second-order valence-corrected chi connectivity index (χ2v) is 6.20. The van der Waals surface area contributed by atoms with Crippen LogP contribution in [0.15, 0.2) is 59.7 Å². The first-order chi connectivity index (χ1) is 12.1. The number of carboxylic acid groups (broad SMARTS) is 1. The van der Waals surface area contributed by atoms with E-state index in [1.165, 1.54) is 12.1 Å². The fraction of sp³-hybridized carbons (Fsp3) is 0.300. The highest BCUT2D eigenvalue weighted by Crippen LogP contribution is 2.33. The molecule has 2 atom stereocenters. The zero-order valence-corrected chi connectivity index (χ0v) is 14.1. The number of carboxylic acids is 1. The van der Waals surface area contributed by atoms with Crippen molar-refractivity contribution in [1.29, 1.82) is 0 Å². The second-order valence-electron chi connectivity index (χ2n) is 6.20. The van der Waals surface area contributed by atoms with Gasteiger partial charge in [0.25, 0.3) is 0 Å². The molecular weight excluding hydrogens is 319 g/mol. The van der Waals surface area contributed by atoms with E-state index < -0.39 is 11.9 Å². The summed E-state index contributed by atoms with van der Waals surface area (Å²) in [5, 5.41) is 16.3. The molecule has 0 amide bonds. The lowest BCUT2D eigenvalue weighted by Gasteiger charge is -2.26. The number of aliphatic carboxylic acids is 1. The first kappa shape index (κ1) is 17.1. The van der Waals surface area contributed by atoms with Gasteiger partial charge in [0.1, 0.15) is 11.7 Å². The summed E-state index contributed by atoms with van der Waals surface area (Å²) in [4.78, 5) is 12.0. The monoisotopic (exact) mass is 340 g/mol. The van der Waals surface area contributed by atoms with Crippen molar-refractivity contribution in [2.45, 2.75) is 32.2 Å². The van der Waals surface area contributed by atoms with E-state index >= 15 is 0 Å². The van der Waals surface area contributed by atoms with Gasteiger partial charge in [0.15, 0.2) is 0 Å². The highest BCUT2D eigenvalue weighted by Gasteiger charge is 2.42. The Morgan fingerprint density at radius 2 is 1.84 bits per heavy atom. The summed E-state index contributed by atoms with van der Waals surface area (Å²) < 4.78 is 13.2. The highest BCUT2D eigenvalue weighted by molar-refractivity contribution is 6.14. The third kappa shape index (κ3) is 3.55. The molecule has 1 N–H and O–H groups in total. The predicted octanol–water partition coefficient (Wildman–Crippen LogP) is 4.31. The average molecular weight is 340 g/mol. The molecule has 1 aliphatic rings. The van der Waals surface area contributed by atoms with Crippen molar-refractivity contribution in [3.8, 4) is 0 Å². The van der Waals surface area contributed by atoms with Crippen LogP contribution in [0.4, 0.5) is 10.1 Å². The van der Waals surface area contributed by atoms with E-state index in [4.69, 9.17) is 0 Å². The molecule has 2 aromatic rings. The first-order valence-electron chi connectivity index (χ1n) is 8.53. The minimum absolute atomic E-state index is 0.250. The van der Waals surface area contributed by atoms with Crippen LogP contribution in [-0.2, 0) is 4.79 Å². The fourth-order valence-corrected chi connectivity index (χ4v) is 3.25. The summed E-state index contributed by atoms with van der Waals surface area (Å²) in [5.74, 6) is -1.99. The van der Waals surface area contributed by atoms with Gasteiger partial charge in [0, 0.05) is 0 Å². The number of para-hydroxylation sites is 1. The molecule has 1 aliphatic heterocycles. The number of unbranched alkanes of at least 4 members (excludes halogenated alkanes) is 1. The zero-order valence-electron chi connectivity index (χ0n) is 14.1. The fourth-order valence-electron chi connectivity index (χ4n) is 3.25. The van der Waals surface area contributed by atoms with Gasteiger partial charge in [0.2, 0.25) is 0 Å². The molecule has 2 aromatic carbocycles. The maximum absolute atomic E-state index is 13.2. The van der Waals surface area contributed by atoms with Crippen molar-refractivity contribution in [2.75, 3.05) is 5.01 Å². The molecule has 0 spiro atoms. The number of hydrazone groups is 1. The van der Waals surface area contributed by atoms with Crippen LogP contribution in [0.5, 0.6) is 0 Å². The van der Waals surface area contributed by atoms with Gasteiger partial charge in [-0.2, -0.15) is 5.10 Å². The van der Waals surface area contributed by atoms with Crippen molar-refractivity contribution < 1.29 is 14.3 Å². The lowest BCUT2D eigenvalue weighted by atomic mass is 9.88. The van der Waals surface area contributed by atoms with E-state index in [0.717, 1.165) is 24.9 Å². The van der Waals surface area contributed by atoms with Crippen LogP contribution in [-0.4, -0.2) is 22.8 Å². The van der Waals surface area contributed by atoms with Gasteiger partial charge in [-0.05, 0) is 36.2 Å². The Bertz CT molecular complexity index is 759. The summed E-state index contributed by atoms with van der Waals surface area (Å²) in [6.07, 6.45) is 2.64. The molecule has 0 bridgehead atoms. The van der Waals surface area contributed by atoms with Crippen LogP contribution in [0, 0.1) is 11.7 Å². The van der Waals surface area contributed by atoms with E-state index in [2.05, 4.69) is 12.0 Å². The Morgan fingerprint density at radius 1 is 1.16 bits per heavy atom.